The van der Waals surface area contributed by atoms with Gasteiger partial charge >= 0.3 is 6.03 Å². The van der Waals surface area contributed by atoms with Crippen LogP contribution in [0.1, 0.15) is 19.3 Å². The van der Waals surface area contributed by atoms with Crippen molar-refractivity contribution < 1.29 is 14.0 Å². The summed E-state index contributed by atoms with van der Waals surface area (Å²) in [5.74, 6) is -0.212. The molecule has 0 N–H and O–H groups in total. The second-order valence-electron chi connectivity index (χ2n) is 6.65. The summed E-state index contributed by atoms with van der Waals surface area (Å²) in [6, 6.07) is 9.47. The fourth-order valence-electron chi connectivity index (χ4n) is 4.59. The van der Waals surface area contributed by atoms with Crippen LogP contribution in [0, 0.1) is 11.7 Å². The van der Waals surface area contributed by atoms with E-state index in [4.69, 9.17) is 0 Å². The van der Waals surface area contributed by atoms with Crippen molar-refractivity contribution in [2.45, 2.75) is 31.3 Å². The van der Waals surface area contributed by atoms with Crippen molar-refractivity contribution in [1.82, 2.24) is 4.90 Å². The number of halogens is 1. The number of anilines is 1. The number of piperidine rings is 1. The van der Waals surface area contributed by atoms with E-state index in [2.05, 4.69) is 0 Å². The maximum absolute atomic E-state index is 14.0. The molecule has 116 valence electrons. The van der Waals surface area contributed by atoms with Gasteiger partial charge in [-0.1, -0.05) is 24.3 Å². The third-order valence-corrected chi connectivity index (χ3v) is 5.56. The molecule has 2 aromatic carbocycles. The average Bonchev–Trinajstić information content (AvgIpc) is 3.24. The largest absolute Gasteiger partial charge is 0.332 e. The van der Waals surface area contributed by atoms with Crippen LogP contribution in [0.5, 0.6) is 0 Å². The van der Waals surface area contributed by atoms with Crippen molar-refractivity contribution in [3.8, 4) is 0 Å². The predicted molar refractivity (Wildman–Crippen MR) is 83.5 cm³/mol. The van der Waals surface area contributed by atoms with Gasteiger partial charge in [-0.25, -0.2) is 14.1 Å². The molecule has 1 aliphatic carbocycles. The molecule has 5 heteroatoms. The Hall–Kier alpha value is -2.43. The van der Waals surface area contributed by atoms with Gasteiger partial charge in [-0.05, 0) is 37.3 Å². The van der Waals surface area contributed by atoms with Crippen LogP contribution in [0.3, 0.4) is 0 Å². The van der Waals surface area contributed by atoms with Crippen LogP contribution < -0.4 is 4.90 Å². The van der Waals surface area contributed by atoms with E-state index in [1.807, 2.05) is 0 Å². The van der Waals surface area contributed by atoms with Crippen LogP contribution >= 0.6 is 0 Å². The Morgan fingerprint density at radius 3 is 2.57 bits per heavy atom. The number of urea groups is 1. The summed E-state index contributed by atoms with van der Waals surface area (Å²) in [5, 5.41) is 1.03. The van der Waals surface area contributed by atoms with E-state index in [-0.39, 0.29) is 35.8 Å². The first-order chi connectivity index (χ1) is 11.2. The predicted octanol–water partition coefficient (Wildman–Crippen LogP) is 3.30. The Bertz CT molecular complexity index is 837. The molecule has 4 nitrogen and oxygen atoms in total. The monoisotopic (exact) mass is 310 g/mol. The first-order valence-electron chi connectivity index (χ1n) is 8.00. The van der Waals surface area contributed by atoms with Gasteiger partial charge in [0.2, 0.25) is 0 Å². The molecule has 2 saturated heterocycles. The topological polar surface area (TPSA) is 40.6 Å². The number of amides is 3. The van der Waals surface area contributed by atoms with E-state index in [9.17, 15) is 14.0 Å². The molecule has 3 atom stereocenters. The van der Waals surface area contributed by atoms with Crippen molar-refractivity contribution in [3.63, 3.8) is 0 Å². The second-order valence-corrected chi connectivity index (χ2v) is 6.65. The Morgan fingerprint density at radius 1 is 1.00 bits per heavy atom. The van der Waals surface area contributed by atoms with E-state index in [1.54, 1.807) is 29.2 Å². The highest BCUT2D eigenvalue weighted by atomic mass is 19.1. The van der Waals surface area contributed by atoms with Crippen molar-refractivity contribution in [2.75, 3.05) is 4.90 Å². The number of hydrogen-bond donors (Lipinski definition) is 0. The molecular weight excluding hydrogens is 295 g/mol. The Labute approximate surface area is 132 Å². The van der Waals surface area contributed by atoms with E-state index >= 15 is 0 Å². The number of fused-ring (bicyclic) bond motifs is 6. The van der Waals surface area contributed by atoms with Gasteiger partial charge < -0.3 is 4.90 Å². The molecule has 0 spiro atoms. The van der Waals surface area contributed by atoms with Gasteiger partial charge in [0, 0.05) is 16.8 Å². The quantitative estimate of drug-likeness (QED) is 0.758. The number of benzene rings is 2. The Kier molecular flexibility index (Phi) is 2.45. The minimum absolute atomic E-state index is 0.154. The van der Waals surface area contributed by atoms with Gasteiger partial charge in [0.1, 0.15) is 11.9 Å². The number of hydrogen-bond acceptors (Lipinski definition) is 2. The van der Waals surface area contributed by atoms with Gasteiger partial charge in [-0.3, -0.25) is 4.79 Å². The van der Waals surface area contributed by atoms with Crippen LogP contribution in [0.25, 0.3) is 10.8 Å². The molecule has 1 saturated carbocycles. The summed E-state index contributed by atoms with van der Waals surface area (Å²) in [6.45, 7) is 0. The second kappa shape index (κ2) is 4.31. The molecule has 2 bridgehead atoms. The standard InChI is InChI=1S/C18H15FN2O2/c19-14-7-8-15(13-4-2-1-3-12(13)14)21-17(22)16-10-5-6-11(9-10)20(16)18(21)23/h1-4,7-8,10-11,16H,5-6,9H2/t10?,11?,16-/m0/s1. The number of carbonyl (C=O) groups excluding carboxylic acids is 2. The summed E-state index contributed by atoms with van der Waals surface area (Å²) in [4.78, 5) is 28.8. The lowest BCUT2D eigenvalue weighted by atomic mass is 9.99. The molecule has 5 rings (SSSR count). The fraction of sp³-hybridized carbons (Fsp3) is 0.333. The SMILES string of the molecule is O=C1[C@@H]2C3CCC(C3)N2C(=O)N1c1ccc(F)c2ccccc12. The van der Waals surface area contributed by atoms with Gasteiger partial charge in [0.15, 0.2) is 0 Å². The third kappa shape index (κ3) is 1.54. The molecule has 2 heterocycles. The molecule has 0 aromatic heterocycles. The fourth-order valence-corrected chi connectivity index (χ4v) is 4.59. The van der Waals surface area contributed by atoms with Crippen molar-refractivity contribution >= 4 is 28.4 Å². The van der Waals surface area contributed by atoms with Gasteiger partial charge in [-0.2, -0.15) is 0 Å². The molecule has 2 unspecified atom stereocenters. The molecular formula is C18H15FN2O2. The van der Waals surface area contributed by atoms with Gasteiger partial charge in [0.05, 0.1) is 5.69 Å². The van der Waals surface area contributed by atoms with E-state index in [0.717, 1.165) is 19.3 Å². The molecule has 2 aliphatic heterocycles. The van der Waals surface area contributed by atoms with Crippen LogP contribution in [-0.4, -0.2) is 28.9 Å². The zero-order valence-corrected chi connectivity index (χ0v) is 12.4. The number of rotatable bonds is 1. The lowest BCUT2D eigenvalue weighted by molar-refractivity contribution is -0.120. The summed E-state index contributed by atoms with van der Waals surface area (Å²) in [6.07, 6.45) is 2.95. The average molecular weight is 310 g/mol. The van der Waals surface area contributed by atoms with Crippen LogP contribution in [-0.2, 0) is 4.79 Å². The Morgan fingerprint density at radius 2 is 1.78 bits per heavy atom. The number of imide groups is 1. The highest BCUT2D eigenvalue weighted by Gasteiger charge is 2.59. The molecule has 3 aliphatic rings. The molecule has 2 aromatic rings. The molecule has 3 amide bonds. The van der Waals surface area contributed by atoms with Crippen LogP contribution in [0.15, 0.2) is 36.4 Å². The lowest BCUT2D eigenvalue weighted by Gasteiger charge is -2.25. The van der Waals surface area contributed by atoms with Gasteiger partial charge in [-0.15, -0.1) is 0 Å². The maximum Gasteiger partial charge on any atom is 0.332 e. The highest BCUT2D eigenvalue weighted by Crippen LogP contribution is 2.47. The summed E-state index contributed by atoms with van der Waals surface area (Å²) in [5.41, 5.74) is 0.491. The minimum Gasteiger partial charge on any atom is -0.309 e. The molecule has 23 heavy (non-hydrogen) atoms. The van der Waals surface area contributed by atoms with Crippen LogP contribution in [0.4, 0.5) is 14.9 Å². The summed E-state index contributed by atoms with van der Waals surface area (Å²) in [7, 11) is 0. The Balaban J connectivity index is 1.67. The number of nitrogens with zero attached hydrogens (tertiary/aromatic N) is 2. The lowest BCUT2D eigenvalue weighted by Crippen LogP contribution is -2.40. The zero-order valence-electron chi connectivity index (χ0n) is 12.4. The minimum atomic E-state index is -0.344. The molecule has 0 radical (unpaired) electrons. The highest BCUT2D eigenvalue weighted by molar-refractivity contribution is 6.24. The number of carbonyl (C=O) groups is 2. The van der Waals surface area contributed by atoms with E-state index < -0.39 is 0 Å². The van der Waals surface area contributed by atoms with Crippen molar-refractivity contribution in [2.24, 2.45) is 5.92 Å². The summed E-state index contributed by atoms with van der Waals surface area (Å²) >= 11 is 0. The first-order valence-corrected chi connectivity index (χ1v) is 8.00. The summed E-state index contributed by atoms with van der Waals surface area (Å²) < 4.78 is 14.0. The van der Waals surface area contributed by atoms with Gasteiger partial charge in [0.25, 0.3) is 5.91 Å². The van der Waals surface area contributed by atoms with Crippen LogP contribution in [0.2, 0.25) is 0 Å². The van der Waals surface area contributed by atoms with E-state index in [1.165, 1.54) is 17.0 Å². The third-order valence-electron chi connectivity index (χ3n) is 5.56. The van der Waals surface area contributed by atoms with Crippen molar-refractivity contribution in [1.29, 1.82) is 0 Å². The smallest absolute Gasteiger partial charge is 0.309 e. The zero-order chi connectivity index (χ0) is 15.7. The molecule has 3 fully saturated rings. The first kappa shape index (κ1) is 13.0. The maximum atomic E-state index is 14.0. The van der Waals surface area contributed by atoms with Crippen molar-refractivity contribution in [3.05, 3.63) is 42.2 Å². The normalized spacial score (nSPS) is 29.0. The van der Waals surface area contributed by atoms with E-state index in [0.29, 0.717) is 16.5 Å².